The van der Waals surface area contributed by atoms with Crippen LogP contribution >= 0.6 is 0 Å². The summed E-state index contributed by atoms with van der Waals surface area (Å²) in [5, 5.41) is 0. The number of likely N-dealkylation sites (tertiary alicyclic amines) is 1. The molecule has 0 aromatic rings. The van der Waals surface area contributed by atoms with Gasteiger partial charge in [0.2, 0.25) is 5.91 Å². The second kappa shape index (κ2) is 11.5. The Morgan fingerprint density at radius 1 is 1.00 bits per heavy atom. The van der Waals surface area contributed by atoms with Crippen molar-refractivity contribution in [1.29, 1.82) is 0 Å². The Morgan fingerprint density at radius 2 is 1.62 bits per heavy atom. The number of hydrogen-bond donors (Lipinski definition) is 0. The molecule has 1 amide bonds. The van der Waals surface area contributed by atoms with Crippen LogP contribution in [0.2, 0.25) is 0 Å². The normalized spacial score (nSPS) is 20.5. The Balaban J connectivity index is 1.51. The lowest BCUT2D eigenvalue weighted by atomic mass is 9.93. The maximum absolute atomic E-state index is 12.4. The summed E-state index contributed by atoms with van der Waals surface area (Å²) < 4.78 is 0. The number of amides is 1. The van der Waals surface area contributed by atoms with Crippen LogP contribution in [0.4, 0.5) is 0 Å². The van der Waals surface area contributed by atoms with Gasteiger partial charge < -0.3 is 4.90 Å². The molecule has 1 atom stereocenters. The summed E-state index contributed by atoms with van der Waals surface area (Å²) in [6.07, 6.45) is 23.6. The Labute approximate surface area is 149 Å². The second-order valence-electron chi connectivity index (χ2n) is 7.59. The van der Waals surface area contributed by atoms with Gasteiger partial charge in [-0.1, -0.05) is 82.1 Å². The SMILES string of the molecule is CCCCCCCCCCCC1=CCC(C(=O)N2CCCC2)C=C1. The van der Waals surface area contributed by atoms with Crippen molar-refractivity contribution in [2.75, 3.05) is 13.1 Å². The minimum atomic E-state index is 0.106. The predicted octanol–water partition coefficient (Wildman–Crippen LogP) is 6.03. The molecular weight excluding hydrogens is 294 g/mol. The largest absolute Gasteiger partial charge is 0.342 e. The number of rotatable bonds is 11. The van der Waals surface area contributed by atoms with Crippen LogP contribution in [0.1, 0.15) is 90.4 Å². The van der Waals surface area contributed by atoms with Crippen LogP contribution in [0, 0.1) is 5.92 Å². The van der Waals surface area contributed by atoms with Crippen LogP contribution in [-0.4, -0.2) is 23.9 Å². The first-order valence-electron chi connectivity index (χ1n) is 10.5. The Kier molecular flexibility index (Phi) is 9.23. The highest BCUT2D eigenvalue weighted by molar-refractivity contribution is 5.81. The van der Waals surface area contributed by atoms with E-state index in [1.165, 1.54) is 82.6 Å². The second-order valence-corrected chi connectivity index (χ2v) is 7.59. The molecule has 0 radical (unpaired) electrons. The van der Waals surface area contributed by atoms with E-state index >= 15 is 0 Å². The van der Waals surface area contributed by atoms with Gasteiger partial charge >= 0.3 is 0 Å². The Hall–Kier alpha value is -1.05. The van der Waals surface area contributed by atoms with Crippen molar-refractivity contribution in [3.8, 4) is 0 Å². The maximum Gasteiger partial charge on any atom is 0.229 e. The maximum atomic E-state index is 12.4. The van der Waals surface area contributed by atoms with Gasteiger partial charge in [-0.3, -0.25) is 4.79 Å². The molecule has 0 saturated carbocycles. The summed E-state index contributed by atoms with van der Waals surface area (Å²) >= 11 is 0. The van der Waals surface area contributed by atoms with E-state index in [2.05, 4.69) is 25.2 Å². The van der Waals surface area contributed by atoms with Crippen molar-refractivity contribution < 1.29 is 4.79 Å². The van der Waals surface area contributed by atoms with E-state index in [0.29, 0.717) is 5.91 Å². The molecule has 0 aromatic heterocycles. The molecule has 1 aliphatic heterocycles. The first-order valence-corrected chi connectivity index (χ1v) is 10.5. The van der Waals surface area contributed by atoms with Gasteiger partial charge in [-0.05, 0) is 32.1 Å². The smallest absolute Gasteiger partial charge is 0.229 e. The highest BCUT2D eigenvalue weighted by Gasteiger charge is 2.25. The van der Waals surface area contributed by atoms with E-state index < -0.39 is 0 Å². The van der Waals surface area contributed by atoms with Gasteiger partial charge in [-0.2, -0.15) is 0 Å². The van der Waals surface area contributed by atoms with Gasteiger partial charge in [0, 0.05) is 13.1 Å². The van der Waals surface area contributed by atoms with E-state index in [0.717, 1.165) is 19.5 Å². The quantitative estimate of drug-likeness (QED) is 0.423. The molecular formula is C22H37NO. The van der Waals surface area contributed by atoms with Crippen molar-refractivity contribution in [2.45, 2.75) is 90.4 Å². The third kappa shape index (κ3) is 6.83. The van der Waals surface area contributed by atoms with Crippen LogP contribution in [0.25, 0.3) is 0 Å². The third-order valence-electron chi connectivity index (χ3n) is 5.48. The third-order valence-corrected chi connectivity index (χ3v) is 5.48. The van der Waals surface area contributed by atoms with Crippen LogP contribution in [-0.2, 0) is 4.79 Å². The zero-order valence-corrected chi connectivity index (χ0v) is 15.8. The molecule has 2 aliphatic rings. The highest BCUT2D eigenvalue weighted by Crippen LogP contribution is 2.24. The first kappa shape index (κ1) is 19.3. The lowest BCUT2D eigenvalue weighted by molar-refractivity contribution is -0.132. The van der Waals surface area contributed by atoms with Crippen molar-refractivity contribution in [1.82, 2.24) is 4.90 Å². The molecule has 1 unspecified atom stereocenters. The molecule has 1 fully saturated rings. The molecule has 1 heterocycles. The number of nitrogens with zero attached hydrogens (tertiary/aromatic N) is 1. The van der Waals surface area contributed by atoms with Crippen molar-refractivity contribution in [3.63, 3.8) is 0 Å². The average Bonchev–Trinajstić information content (AvgIpc) is 3.15. The van der Waals surface area contributed by atoms with Crippen molar-refractivity contribution in [2.24, 2.45) is 5.92 Å². The minimum Gasteiger partial charge on any atom is -0.342 e. The fourth-order valence-corrected chi connectivity index (χ4v) is 3.85. The van der Waals surface area contributed by atoms with Crippen molar-refractivity contribution >= 4 is 5.91 Å². The van der Waals surface area contributed by atoms with Crippen LogP contribution in [0.15, 0.2) is 23.8 Å². The zero-order chi connectivity index (χ0) is 17.0. The molecule has 0 spiro atoms. The lowest BCUT2D eigenvalue weighted by Crippen LogP contribution is -2.33. The number of unbranched alkanes of at least 4 members (excludes halogenated alkanes) is 8. The van der Waals surface area contributed by atoms with Gasteiger partial charge in [-0.15, -0.1) is 0 Å². The molecule has 2 rings (SSSR count). The van der Waals surface area contributed by atoms with Crippen LogP contribution < -0.4 is 0 Å². The van der Waals surface area contributed by atoms with Gasteiger partial charge in [0.05, 0.1) is 5.92 Å². The number of carbonyl (C=O) groups excluding carboxylic acids is 1. The van der Waals surface area contributed by atoms with Gasteiger partial charge in [-0.25, -0.2) is 0 Å². The number of carbonyl (C=O) groups is 1. The molecule has 0 N–H and O–H groups in total. The Bertz CT molecular complexity index is 418. The summed E-state index contributed by atoms with van der Waals surface area (Å²) in [6, 6.07) is 0. The predicted molar refractivity (Wildman–Crippen MR) is 103 cm³/mol. The molecule has 24 heavy (non-hydrogen) atoms. The summed E-state index contributed by atoms with van der Waals surface area (Å²) in [4.78, 5) is 14.4. The van der Waals surface area contributed by atoms with E-state index in [-0.39, 0.29) is 5.92 Å². The van der Waals surface area contributed by atoms with Crippen molar-refractivity contribution in [3.05, 3.63) is 23.8 Å². The highest BCUT2D eigenvalue weighted by atomic mass is 16.2. The van der Waals surface area contributed by atoms with E-state index in [1.807, 2.05) is 4.90 Å². The first-order chi connectivity index (χ1) is 11.8. The zero-order valence-electron chi connectivity index (χ0n) is 15.8. The topological polar surface area (TPSA) is 20.3 Å². The molecule has 136 valence electrons. The lowest BCUT2D eigenvalue weighted by Gasteiger charge is -2.22. The fourth-order valence-electron chi connectivity index (χ4n) is 3.85. The number of allylic oxidation sites excluding steroid dienone is 3. The average molecular weight is 332 g/mol. The minimum absolute atomic E-state index is 0.106. The van der Waals surface area contributed by atoms with E-state index in [9.17, 15) is 4.79 Å². The number of hydrogen-bond acceptors (Lipinski definition) is 1. The van der Waals surface area contributed by atoms with E-state index in [4.69, 9.17) is 0 Å². The van der Waals surface area contributed by atoms with Gasteiger partial charge in [0.1, 0.15) is 0 Å². The monoisotopic (exact) mass is 331 g/mol. The van der Waals surface area contributed by atoms with E-state index in [1.54, 1.807) is 0 Å². The molecule has 1 aliphatic carbocycles. The summed E-state index contributed by atoms with van der Waals surface area (Å²) in [5.74, 6) is 0.456. The van der Waals surface area contributed by atoms with Crippen LogP contribution in [0.5, 0.6) is 0 Å². The molecule has 0 bridgehead atoms. The summed E-state index contributed by atoms with van der Waals surface area (Å²) in [6.45, 7) is 4.22. The summed E-state index contributed by atoms with van der Waals surface area (Å²) in [7, 11) is 0. The summed E-state index contributed by atoms with van der Waals surface area (Å²) in [5.41, 5.74) is 1.45. The van der Waals surface area contributed by atoms with Gasteiger partial charge in [0.15, 0.2) is 0 Å². The fraction of sp³-hybridized carbons (Fsp3) is 0.773. The molecule has 2 nitrogen and oxygen atoms in total. The van der Waals surface area contributed by atoms with Gasteiger partial charge in [0.25, 0.3) is 0 Å². The standard InChI is InChI=1S/C22H37NO/c1-2-3-4-5-6-7-8-9-10-13-20-14-16-21(17-15-20)22(24)23-18-11-12-19-23/h14-16,21H,2-13,17-19H2,1H3. The molecule has 2 heteroatoms. The molecule has 0 aromatic carbocycles. The van der Waals surface area contributed by atoms with Crippen LogP contribution in [0.3, 0.4) is 0 Å². The Morgan fingerprint density at radius 3 is 2.21 bits per heavy atom. The molecule has 1 saturated heterocycles.